The molecule has 1 N–H and O–H groups in total. The first-order valence-corrected chi connectivity index (χ1v) is 14.7. The number of nitrogens with zero attached hydrogens (tertiary/aromatic N) is 2. The Morgan fingerprint density at radius 1 is 1.16 bits per heavy atom. The summed E-state index contributed by atoms with van der Waals surface area (Å²) in [6, 6.07) is 0. The van der Waals surface area contributed by atoms with Crippen LogP contribution >= 0.6 is 11.6 Å². The van der Waals surface area contributed by atoms with Crippen molar-refractivity contribution >= 4 is 23.1 Å². The van der Waals surface area contributed by atoms with Crippen molar-refractivity contribution in [3.8, 4) is 0 Å². The maximum atomic E-state index is 13.7. The fraction of sp³-hybridized carbons (Fsp3) is 0.742. The topological polar surface area (TPSA) is 62.1 Å². The summed E-state index contributed by atoms with van der Waals surface area (Å²) in [4.78, 5) is 13.7. The number of ketones is 1. The van der Waals surface area contributed by atoms with Crippen LogP contribution in [0.15, 0.2) is 40.5 Å². The van der Waals surface area contributed by atoms with E-state index in [-0.39, 0.29) is 16.7 Å². The molecule has 0 saturated heterocycles. The zero-order chi connectivity index (χ0) is 26.6. The molecule has 0 radical (unpaired) electrons. The molecule has 0 aromatic carbocycles. The van der Waals surface area contributed by atoms with Crippen molar-refractivity contribution in [1.29, 1.82) is 0 Å². The molecule has 0 bridgehead atoms. The molecule has 0 spiro atoms. The minimum absolute atomic E-state index is 0.0676. The molecular formula is C31H45ClN2O3. The van der Waals surface area contributed by atoms with Crippen molar-refractivity contribution in [1.82, 2.24) is 5.01 Å². The lowest BCUT2D eigenvalue weighted by Gasteiger charge is -2.62. The lowest BCUT2D eigenvalue weighted by molar-refractivity contribution is -0.175. The number of fused-ring (bicyclic) bond motifs is 5. The van der Waals surface area contributed by atoms with Crippen LogP contribution in [-0.2, 0) is 9.53 Å². The number of halogens is 1. The molecule has 4 fully saturated rings. The SMILES string of the molecule is C=C1C=C(Cl)C=CC1=NN(C)CC(=O)C1CCC2C3CCC4CC(C)(O)CCC4(COC)C3CCC12C. The van der Waals surface area contributed by atoms with Gasteiger partial charge in [0.1, 0.15) is 0 Å². The number of hydrogen-bond donors (Lipinski definition) is 1. The number of rotatable bonds is 6. The van der Waals surface area contributed by atoms with Gasteiger partial charge in [0.25, 0.3) is 0 Å². The third-order valence-corrected chi connectivity index (χ3v) is 11.4. The van der Waals surface area contributed by atoms with Gasteiger partial charge < -0.3 is 9.84 Å². The number of Topliss-reactive ketones (excluding diaryl/α,β-unsaturated/α-hetero) is 1. The first-order chi connectivity index (χ1) is 17.5. The van der Waals surface area contributed by atoms with Crippen LogP contribution in [0.25, 0.3) is 0 Å². The molecule has 37 heavy (non-hydrogen) atoms. The Bertz CT molecular complexity index is 1030. The molecule has 5 rings (SSSR count). The van der Waals surface area contributed by atoms with Gasteiger partial charge in [-0.15, -0.1) is 0 Å². The van der Waals surface area contributed by atoms with Crippen LogP contribution in [0.1, 0.15) is 71.6 Å². The van der Waals surface area contributed by atoms with Crippen molar-refractivity contribution < 1.29 is 14.6 Å². The minimum Gasteiger partial charge on any atom is -0.390 e. The van der Waals surface area contributed by atoms with Gasteiger partial charge in [-0.05, 0) is 123 Å². The number of carbonyl (C=O) groups excluding carboxylic acids is 1. The van der Waals surface area contributed by atoms with Crippen molar-refractivity contribution in [2.75, 3.05) is 27.3 Å². The monoisotopic (exact) mass is 528 g/mol. The summed E-state index contributed by atoms with van der Waals surface area (Å²) in [6.45, 7) is 9.61. The molecule has 5 aliphatic rings. The summed E-state index contributed by atoms with van der Waals surface area (Å²) in [5.74, 6) is 2.87. The normalized spacial score (nSPS) is 44.2. The smallest absolute Gasteiger partial charge is 0.157 e. The fourth-order valence-electron chi connectivity index (χ4n) is 9.52. The maximum absolute atomic E-state index is 13.7. The molecule has 8 unspecified atom stereocenters. The van der Waals surface area contributed by atoms with Gasteiger partial charge in [-0.1, -0.05) is 25.1 Å². The summed E-state index contributed by atoms with van der Waals surface area (Å²) in [6.07, 6.45) is 15.2. The first-order valence-electron chi connectivity index (χ1n) is 14.3. The number of hydrogen-bond acceptors (Lipinski definition) is 5. The van der Waals surface area contributed by atoms with Gasteiger partial charge in [0.05, 0.1) is 24.5 Å². The summed E-state index contributed by atoms with van der Waals surface area (Å²) in [7, 11) is 3.73. The van der Waals surface area contributed by atoms with E-state index in [0.29, 0.717) is 41.0 Å². The zero-order valence-electron chi connectivity index (χ0n) is 23.1. The number of allylic oxidation sites excluding steroid dienone is 5. The van der Waals surface area contributed by atoms with Gasteiger partial charge in [-0.2, -0.15) is 5.10 Å². The molecule has 0 amide bonds. The molecule has 4 saturated carbocycles. The number of methoxy groups -OCH3 is 1. The molecule has 5 nitrogen and oxygen atoms in total. The second-order valence-corrected chi connectivity index (χ2v) is 13.8. The lowest BCUT2D eigenvalue weighted by Crippen LogP contribution is -2.58. The highest BCUT2D eigenvalue weighted by atomic mass is 35.5. The summed E-state index contributed by atoms with van der Waals surface area (Å²) in [5, 5.41) is 17.9. The van der Waals surface area contributed by atoms with E-state index in [9.17, 15) is 9.90 Å². The van der Waals surface area contributed by atoms with E-state index in [1.54, 1.807) is 11.1 Å². The fourth-order valence-corrected chi connectivity index (χ4v) is 9.71. The molecule has 5 aliphatic carbocycles. The second-order valence-electron chi connectivity index (χ2n) is 13.3. The van der Waals surface area contributed by atoms with E-state index < -0.39 is 5.60 Å². The second kappa shape index (κ2) is 9.95. The molecule has 0 heterocycles. The Morgan fingerprint density at radius 2 is 1.95 bits per heavy atom. The predicted octanol–water partition coefficient (Wildman–Crippen LogP) is 6.13. The average molecular weight is 529 g/mol. The quantitative estimate of drug-likeness (QED) is 0.421. The Kier molecular flexibility index (Phi) is 7.30. The van der Waals surface area contributed by atoms with Crippen molar-refractivity contribution in [3.63, 3.8) is 0 Å². The van der Waals surface area contributed by atoms with Crippen molar-refractivity contribution in [3.05, 3.63) is 35.4 Å². The van der Waals surface area contributed by atoms with Gasteiger partial charge in [0.2, 0.25) is 0 Å². The van der Waals surface area contributed by atoms with Crippen LogP contribution in [-0.4, -0.2) is 54.5 Å². The van der Waals surface area contributed by atoms with Gasteiger partial charge in [0, 0.05) is 25.1 Å². The minimum atomic E-state index is -0.541. The van der Waals surface area contributed by atoms with E-state index in [2.05, 4.69) is 18.6 Å². The highest BCUT2D eigenvalue weighted by molar-refractivity contribution is 6.33. The van der Waals surface area contributed by atoms with E-state index >= 15 is 0 Å². The summed E-state index contributed by atoms with van der Waals surface area (Å²) >= 11 is 6.06. The van der Waals surface area contributed by atoms with E-state index in [1.807, 2.05) is 33.2 Å². The highest BCUT2D eigenvalue weighted by Gasteiger charge is 2.63. The van der Waals surface area contributed by atoms with Crippen LogP contribution in [0.4, 0.5) is 0 Å². The number of likely N-dealkylation sites (N-methyl/N-ethyl adjacent to an activating group) is 1. The number of hydrazone groups is 1. The Hall–Kier alpha value is -1.43. The van der Waals surface area contributed by atoms with E-state index in [4.69, 9.17) is 16.3 Å². The number of aliphatic hydroxyl groups is 1. The maximum Gasteiger partial charge on any atom is 0.157 e. The van der Waals surface area contributed by atoms with E-state index in [1.165, 1.54) is 19.3 Å². The third-order valence-electron chi connectivity index (χ3n) is 11.2. The standard InChI is InChI=1S/C31H45ClN2O3/c1-20-16-22(32)7-11-27(20)33-34(4)18-28(35)26-10-9-24-23-8-6-21-17-29(2,36)14-15-31(21,19-37-5)25(23)12-13-30(24,26)3/h7,11,16,21,23-26,36H,1,6,8-10,12-15,17-19H2,2-5H3. The summed E-state index contributed by atoms with van der Waals surface area (Å²) < 4.78 is 5.90. The van der Waals surface area contributed by atoms with Gasteiger partial charge in [0.15, 0.2) is 5.78 Å². The predicted molar refractivity (Wildman–Crippen MR) is 149 cm³/mol. The molecule has 0 aromatic rings. The van der Waals surface area contributed by atoms with Crippen LogP contribution in [0.2, 0.25) is 0 Å². The Morgan fingerprint density at radius 3 is 2.68 bits per heavy atom. The molecule has 0 aliphatic heterocycles. The highest BCUT2D eigenvalue weighted by Crippen LogP contribution is 2.68. The molecule has 8 atom stereocenters. The first kappa shape index (κ1) is 27.1. The molecule has 6 heteroatoms. The molecule has 204 valence electrons. The van der Waals surface area contributed by atoms with Crippen LogP contribution < -0.4 is 0 Å². The Labute approximate surface area is 228 Å². The number of ether oxygens (including phenoxy) is 1. The average Bonchev–Trinajstić information content (AvgIpc) is 3.18. The van der Waals surface area contributed by atoms with Crippen LogP contribution in [0, 0.1) is 40.4 Å². The zero-order valence-corrected chi connectivity index (χ0v) is 23.9. The Balaban J connectivity index is 1.30. The molecule has 0 aromatic heterocycles. The van der Waals surface area contributed by atoms with Crippen molar-refractivity contribution in [2.45, 2.75) is 77.2 Å². The molecular weight excluding hydrogens is 484 g/mol. The van der Waals surface area contributed by atoms with Crippen LogP contribution in [0.3, 0.4) is 0 Å². The largest absolute Gasteiger partial charge is 0.390 e. The third kappa shape index (κ3) is 4.78. The van der Waals surface area contributed by atoms with E-state index in [0.717, 1.165) is 56.4 Å². The lowest BCUT2D eigenvalue weighted by atomic mass is 9.43. The van der Waals surface area contributed by atoms with Crippen molar-refractivity contribution in [2.24, 2.45) is 45.5 Å². The van der Waals surface area contributed by atoms with Gasteiger partial charge in [-0.25, -0.2) is 0 Å². The van der Waals surface area contributed by atoms with Gasteiger partial charge >= 0.3 is 0 Å². The van der Waals surface area contributed by atoms with Gasteiger partial charge in [-0.3, -0.25) is 9.80 Å². The van der Waals surface area contributed by atoms with Crippen LogP contribution in [0.5, 0.6) is 0 Å². The number of carbonyl (C=O) groups is 1. The summed E-state index contributed by atoms with van der Waals surface area (Å²) in [5.41, 5.74) is 1.23.